The molecule has 644 valence electrons. The van der Waals surface area contributed by atoms with Crippen molar-refractivity contribution < 1.29 is 137 Å². The maximum absolute atomic E-state index is 13.0. The van der Waals surface area contributed by atoms with E-state index in [1.54, 1.807) is 97.1 Å². The first kappa shape index (κ1) is 94.1. The highest BCUT2D eigenvalue weighted by atomic mass is 32.2. The number of rotatable bonds is 26. The number of fused-ring (bicyclic) bond motifs is 4. The van der Waals surface area contributed by atoms with Crippen molar-refractivity contribution in [3.63, 3.8) is 0 Å². The van der Waals surface area contributed by atoms with Crippen LogP contribution in [0.1, 0.15) is 11.1 Å². The van der Waals surface area contributed by atoms with Crippen molar-refractivity contribution in [2.45, 2.75) is 64.2 Å². The molecule has 0 fully saturated rings. The number of thioether (sulfide) groups is 4. The second-order valence-electron chi connectivity index (χ2n) is 25.2. The molecule has 0 spiro atoms. The molecule has 12 N–H and O–H groups in total. The van der Waals surface area contributed by atoms with E-state index >= 15 is 0 Å². The van der Waals surface area contributed by atoms with Crippen molar-refractivity contribution in [2.24, 2.45) is 0 Å². The maximum Gasteiger partial charge on any atom is 0.573 e. The van der Waals surface area contributed by atoms with Crippen molar-refractivity contribution in [1.29, 1.82) is 0 Å². The maximum atomic E-state index is 13.0. The summed E-state index contributed by atoms with van der Waals surface area (Å²) in [6, 6.07) is 45.7. The average Bonchev–Trinajstić information content (AvgIpc) is 0.785. The van der Waals surface area contributed by atoms with Crippen molar-refractivity contribution in [1.82, 2.24) is 0 Å². The monoisotopic (exact) mass is 1850 g/mol. The number of aromatic hydroxyl groups is 4. The summed E-state index contributed by atoms with van der Waals surface area (Å²) >= 11 is 4.17. The number of halogens is 12. The van der Waals surface area contributed by atoms with Crippen LogP contribution in [0.2, 0.25) is 0 Å². The SMILES string of the molecule is C=C(O)CSc1cc(NS(=O)(=O)c2ccc(C(F)(F)F)cc2)c2ccccc2c1O.C=C(O)CSc1cc(NS(=O)(=O)c2ccc(OC(F)(F)F)cc2)c2ccccc2c1O.C=C(O)CSc1cc(NS(=O)(=O)c2cccc(C(F)(F)F)c2)c2ccccc2c1O.C=C(O)CSc1cc(NS(=O)(=O)c2cccc(OC(F)(F)F)c2)c2ccccc2c1O. The predicted molar refractivity (Wildman–Crippen MR) is 445 cm³/mol. The van der Waals surface area contributed by atoms with Gasteiger partial charge >= 0.3 is 25.1 Å². The number of phenols is 4. The van der Waals surface area contributed by atoms with E-state index in [4.69, 9.17) is 0 Å². The Labute approximate surface area is 704 Å². The van der Waals surface area contributed by atoms with Gasteiger partial charge in [-0.3, -0.25) is 18.9 Å². The zero-order valence-corrected chi connectivity index (χ0v) is 68.4. The van der Waals surface area contributed by atoms with Crippen LogP contribution in [-0.4, -0.2) is 110 Å². The molecule has 0 atom stereocenters. The minimum absolute atomic E-state index is 0.0612. The van der Waals surface area contributed by atoms with Crippen LogP contribution in [0.4, 0.5) is 75.4 Å². The van der Waals surface area contributed by atoms with E-state index in [0.29, 0.717) is 71.1 Å². The lowest BCUT2D eigenvalue weighted by Gasteiger charge is -2.15. The van der Waals surface area contributed by atoms with Crippen LogP contribution in [0.25, 0.3) is 43.1 Å². The third-order valence-corrected chi connectivity index (χ3v) is 26.0. The molecule has 0 bridgehead atoms. The van der Waals surface area contributed by atoms with E-state index in [2.05, 4.69) is 54.7 Å². The molecule has 0 radical (unpaired) electrons. The molecule has 0 aliphatic carbocycles. The van der Waals surface area contributed by atoms with Crippen LogP contribution >= 0.6 is 47.0 Å². The molecular formula is C80H64F12N4O18S8. The smallest absolute Gasteiger partial charge is 0.512 e. The van der Waals surface area contributed by atoms with Crippen LogP contribution in [0.5, 0.6) is 34.5 Å². The largest absolute Gasteiger partial charge is 0.573 e. The Morgan fingerprint density at radius 3 is 0.828 bits per heavy atom. The van der Waals surface area contributed by atoms with Crippen LogP contribution < -0.4 is 28.4 Å². The van der Waals surface area contributed by atoms with Gasteiger partial charge in [-0.25, -0.2) is 33.7 Å². The molecule has 0 aromatic heterocycles. The molecule has 0 heterocycles. The normalized spacial score (nSPS) is 12.0. The average molecular weight is 1850 g/mol. The first-order valence-corrected chi connectivity index (χ1v) is 43.9. The molecule has 42 heteroatoms. The summed E-state index contributed by atoms with van der Waals surface area (Å²) in [6.45, 7) is 13.5. The van der Waals surface area contributed by atoms with Crippen molar-refractivity contribution in [3.8, 4) is 34.5 Å². The van der Waals surface area contributed by atoms with E-state index < -0.39 is 97.6 Å². The lowest BCUT2D eigenvalue weighted by Crippen LogP contribution is -2.18. The zero-order chi connectivity index (χ0) is 89.8. The summed E-state index contributed by atoms with van der Waals surface area (Å²) < 4.78 is 271. The Balaban J connectivity index is 0.000000185. The van der Waals surface area contributed by atoms with Crippen LogP contribution in [0.15, 0.2) is 307 Å². The number of hydrogen-bond acceptors (Lipinski definition) is 22. The Morgan fingerprint density at radius 2 is 0.549 bits per heavy atom. The number of anilines is 4. The highest BCUT2D eigenvalue weighted by Gasteiger charge is 2.36. The second-order valence-corrected chi connectivity index (χ2v) is 36.0. The number of nitrogens with one attached hydrogen (secondary N) is 4. The van der Waals surface area contributed by atoms with Gasteiger partial charge in [0.15, 0.2) is 0 Å². The lowest BCUT2D eigenvalue weighted by molar-refractivity contribution is -0.275. The molecule has 12 rings (SSSR count). The molecule has 0 saturated carbocycles. The van der Waals surface area contributed by atoms with E-state index in [1.807, 2.05) is 0 Å². The molecule has 0 saturated heterocycles. The van der Waals surface area contributed by atoms with Crippen LogP contribution in [-0.2, 0) is 52.4 Å². The second kappa shape index (κ2) is 38.5. The summed E-state index contributed by atoms with van der Waals surface area (Å²) in [7, 11) is -17.0. The van der Waals surface area contributed by atoms with Crippen LogP contribution in [0.3, 0.4) is 0 Å². The first-order valence-electron chi connectivity index (χ1n) is 34.0. The number of aliphatic hydroxyl groups excluding tert-OH is 4. The quantitative estimate of drug-likeness (QED) is 0.0104. The van der Waals surface area contributed by atoms with Gasteiger partial charge in [0.25, 0.3) is 40.1 Å². The van der Waals surface area contributed by atoms with Gasteiger partial charge in [-0.2, -0.15) is 26.3 Å². The van der Waals surface area contributed by atoms with Gasteiger partial charge in [0, 0.05) is 49.2 Å². The number of alkyl halides is 12. The first-order chi connectivity index (χ1) is 56.9. The van der Waals surface area contributed by atoms with Gasteiger partial charge in [0.05, 0.1) is 119 Å². The summed E-state index contributed by atoms with van der Waals surface area (Å²) in [6.07, 6.45) is -19.1. The van der Waals surface area contributed by atoms with Crippen molar-refractivity contribution in [3.05, 3.63) is 279 Å². The highest BCUT2D eigenvalue weighted by molar-refractivity contribution is 8.00. The Bertz CT molecular complexity index is 6450. The third-order valence-electron chi connectivity index (χ3n) is 16.2. The molecule has 0 aliphatic heterocycles. The highest BCUT2D eigenvalue weighted by Crippen LogP contribution is 2.47. The number of ether oxygens (including phenoxy) is 2. The minimum atomic E-state index is -4.97. The predicted octanol–water partition coefficient (Wildman–Crippen LogP) is 21.9. The summed E-state index contributed by atoms with van der Waals surface area (Å²) in [4.78, 5) is -0.458. The van der Waals surface area contributed by atoms with Crippen molar-refractivity contribution >= 4 is 153 Å². The standard InChI is InChI=1S/2C20H16F3NO5S2.2C20H16F3NO4S2/c1-12(25)11-30-18-10-17(15-7-2-3-8-16(15)19(18)26)24-31(27,28)14-6-4-5-13(9-14)29-20(21,22)23;1-12(25)11-30-18-10-17(15-4-2-3-5-16(15)19(18)26)24-31(27,28)14-8-6-13(7-9-14)29-20(21,22)23;1-12(25)11-29-18-10-17(15-7-2-3-8-16(15)19(18)26)24-30(27,28)14-6-4-5-13(9-14)20(21,22)23;1-12(25)11-29-18-10-17(15-4-2-3-5-16(15)19(18)26)24-30(27,28)14-8-6-13(7-9-14)20(21,22)23/h2*2-10,24-26H,1,11H2;2*2-10,24-26H,1,11H2. The number of sulfonamides is 4. The van der Waals surface area contributed by atoms with Gasteiger partial charge in [0.1, 0.15) is 34.5 Å². The molecule has 12 aromatic rings. The third kappa shape index (κ3) is 25.2. The molecule has 0 amide bonds. The van der Waals surface area contributed by atoms with Crippen LogP contribution in [0, 0.1) is 0 Å². The van der Waals surface area contributed by atoms with Gasteiger partial charge in [-0.05, 0) is 103 Å². The molecule has 12 aromatic carbocycles. The molecule has 0 unspecified atom stereocenters. The van der Waals surface area contributed by atoms with E-state index in [1.165, 1.54) is 24.3 Å². The van der Waals surface area contributed by atoms with Crippen molar-refractivity contribution in [2.75, 3.05) is 41.9 Å². The van der Waals surface area contributed by atoms with E-state index in [-0.39, 0.29) is 111 Å². The number of benzene rings is 12. The molecule has 122 heavy (non-hydrogen) atoms. The lowest BCUT2D eigenvalue weighted by atomic mass is 10.1. The molecule has 22 nitrogen and oxygen atoms in total. The van der Waals surface area contributed by atoms with Gasteiger partial charge in [-0.15, -0.1) is 73.4 Å². The van der Waals surface area contributed by atoms with Gasteiger partial charge in [-0.1, -0.05) is 136 Å². The minimum Gasteiger partial charge on any atom is -0.512 e. The zero-order valence-electron chi connectivity index (χ0n) is 61.9. The molecular weight excluding hydrogens is 1790 g/mol. The summed E-state index contributed by atoms with van der Waals surface area (Å²) in [5, 5.41) is 82.3. The number of aliphatic hydroxyl groups is 4. The van der Waals surface area contributed by atoms with E-state index in [0.717, 1.165) is 126 Å². The van der Waals surface area contributed by atoms with E-state index in [9.17, 15) is 127 Å². The van der Waals surface area contributed by atoms with Gasteiger partial charge < -0.3 is 50.3 Å². The number of phenolic OH excluding ortho intramolecular Hbond substituents is 4. The Hall–Kier alpha value is -11.8. The Morgan fingerprint density at radius 1 is 0.295 bits per heavy atom. The fourth-order valence-corrected chi connectivity index (χ4v) is 18.3. The van der Waals surface area contributed by atoms with Gasteiger partial charge in [0.2, 0.25) is 0 Å². The Kier molecular flexibility index (Phi) is 29.7. The summed E-state index contributed by atoms with van der Waals surface area (Å²) in [5.41, 5.74) is -1.59. The fraction of sp³-hybridized carbons (Fsp3) is 0.100. The summed E-state index contributed by atoms with van der Waals surface area (Å²) in [5.74, 6) is -1.86. The fourth-order valence-electron chi connectivity index (χ4n) is 10.9. The topological polar surface area (TPSA) is 365 Å². The molecule has 0 aliphatic rings. The number of hydrogen-bond donors (Lipinski definition) is 12.